The SMILES string of the molecule is O=C(CS(=O)Cc1ccccc1)c1ccc(F)c(F)c1. The van der Waals surface area contributed by atoms with Gasteiger partial charge in [-0.25, -0.2) is 8.78 Å². The molecule has 2 nitrogen and oxygen atoms in total. The molecule has 0 saturated heterocycles. The van der Waals surface area contributed by atoms with E-state index in [1.54, 1.807) is 0 Å². The van der Waals surface area contributed by atoms with Gasteiger partial charge < -0.3 is 0 Å². The largest absolute Gasteiger partial charge is 0.293 e. The second-order valence-corrected chi connectivity index (χ2v) is 5.72. The average Bonchev–Trinajstić information content (AvgIpc) is 2.42. The number of hydrogen-bond donors (Lipinski definition) is 0. The van der Waals surface area contributed by atoms with Crippen molar-refractivity contribution in [3.63, 3.8) is 0 Å². The molecule has 0 aromatic heterocycles. The van der Waals surface area contributed by atoms with Crippen LogP contribution in [0.4, 0.5) is 8.78 Å². The van der Waals surface area contributed by atoms with E-state index in [1.165, 1.54) is 6.07 Å². The van der Waals surface area contributed by atoms with Crippen LogP contribution in [0.5, 0.6) is 0 Å². The number of benzene rings is 2. The first-order valence-corrected chi connectivity index (χ1v) is 7.42. The fourth-order valence-electron chi connectivity index (χ4n) is 1.71. The van der Waals surface area contributed by atoms with Crippen molar-refractivity contribution < 1.29 is 17.8 Å². The molecule has 2 rings (SSSR count). The summed E-state index contributed by atoms with van der Waals surface area (Å²) in [5.41, 5.74) is 0.897. The lowest BCUT2D eigenvalue weighted by atomic mass is 10.1. The molecular formula is C15H12F2O2S. The van der Waals surface area contributed by atoms with Crippen LogP contribution in [-0.4, -0.2) is 15.7 Å². The third kappa shape index (κ3) is 3.81. The summed E-state index contributed by atoms with van der Waals surface area (Å²) in [6.45, 7) is 0. The fourth-order valence-corrected chi connectivity index (χ4v) is 2.84. The van der Waals surface area contributed by atoms with Gasteiger partial charge in [-0.1, -0.05) is 30.3 Å². The monoisotopic (exact) mass is 294 g/mol. The van der Waals surface area contributed by atoms with Gasteiger partial charge in [0, 0.05) is 22.1 Å². The van der Waals surface area contributed by atoms with Crippen molar-refractivity contribution in [2.45, 2.75) is 5.75 Å². The Kier molecular flexibility index (Phi) is 4.74. The van der Waals surface area contributed by atoms with Gasteiger partial charge in [0.2, 0.25) is 0 Å². The van der Waals surface area contributed by atoms with E-state index in [4.69, 9.17) is 0 Å². The van der Waals surface area contributed by atoms with E-state index < -0.39 is 28.2 Å². The standard InChI is InChI=1S/C15H12F2O2S/c16-13-7-6-12(8-14(13)17)15(18)10-20(19)9-11-4-2-1-3-5-11/h1-8H,9-10H2. The minimum absolute atomic E-state index is 0.0327. The van der Waals surface area contributed by atoms with Crippen molar-refractivity contribution >= 4 is 16.6 Å². The smallest absolute Gasteiger partial charge is 0.175 e. The van der Waals surface area contributed by atoms with Gasteiger partial charge >= 0.3 is 0 Å². The lowest BCUT2D eigenvalue weighted by Crippen LogP contribution is -2.12. The number of carbonyl (C=O) groups excluding carboxylic acids is 1. The second-order valence-electron chi connectivity index (χ2n) is 4.27. The maximum absolute atomic E-state index is 13.0. The summed E-state index contributed by atoms with van der Waals surface area (Å²) in [6, 6.07) is 12.0. The van der Waals surface area contributed by atoms with Crippen molar-refractivity contribution in [1.29, 1.82) is 0 Å². The van der Waals surface area contributed by atoms with Gasteiger partial charge in [0.25, 0.3) is 0 Å². The van der Waals surface area contributed by atoms with Crippen LogP contribution in [0.3, 0.4) is 0 Å². The highest BCUT2D eigenvalue weighted by atomic mass is 32.2. The predicted molar refractivity (Wildman–Crippen MR) is 73.8 cm³/mol. The second kappa shape index (κ2) is 6.52. The lowest BCUT2D eigenvalue weighted by molar-refractivity contribution is 0.102. The molecule has 0 saturated carbocycles. The van der Waals surface area contributed by atoms with Gasteiger partial charge in [0.1, 0.15) is 0 Å². The molecule has 0 aliphatic heterocycles. The number of carbonyl (C=O) groups is 1. The molecule has 1 atom stereocenters. The van der Waals surface area contributed by atoms with Gasteiger partial charge in [0.05, 0.1) is 5.75 Å². The van der Waals surface area contributed by atoms with E-state index in [9.17, 15) is 17.8 Å². The highest BCUT2D eigenvalue weighted by Gasteiger charge is 2.13. The quantitative estimate of drug-likeness (QED) is 0.794. The van der Waals surface area contributed by atoms with E-state index in [-0.39, 0.29) is 17.1 Å². The van der Waals surface area contributed by atoms with Gasteiger partial charge in [-0.15, -0.1) is 0 Å². The van der Waals surface area contributed by atoms with Crippen LogP contribution in [0.1, 0.15) is 15.9 Å². The zero-order valence-electron chi connectivity index (χ0n) is 10.5. The van der Waals surface area contributed by atoms with Crippen molar-refractivity contribution in [1.82, 2.24) is 0 Å². The molecule has 0 aliphatic rings. The Bertz CT molecular complexity index is 642. The first-order valence-electron chi connectivity index (χ1n) is 5.93. The Morgan fingerprint density at radius 3 is 2.35 bits per heavy atom. The van der Waals surface area contributed by atoms with E-state index in [2.05, 4.69) is 0 Å². The highest BCUT2D eigenvalue weighted by Crippen LogP contribution is 2.11. The third-order valence-corrected chi connectivity index (χ3v) is 3.94. The van der Waals surface area contributed by atoms with Crippen molar-refractivity contribution in [3.05, 3.63) is 71.3 Å². The van der Waals surface area contributed by atoms with E-state index in [0.29, 0.717) is 0 Å². The van der Waals surface area contributed by atoms with Crippen molar-refractivity contribution in [2.75, 3.05) is 5.75 Å². The van der Waals surface area contributed by atoms with Crippen LogP contribution < -0.4 is 0 Å². The molecule has 0 bridgehead atoms. The van der Waals surface area contributed by atoms with Crippen LogP contribution in [0.2, 0.25) is 0 Å². The molecular weight excluding hydrogens is 282 g/mol. The maximum Gasteiger partial charge on any atom is 0.175 e. The summed E-state index contributed by atoms with van der Waals surface area (Å²) in [5, 5.41) is 0. The van der Waals surface area contributed by atoms with Gasteiger partial charge in [0.15, 0.2) is 17.4 Å². The molecule has 2 aromatic rings. The number of Topliss-reactive ketones (excluding diaryl/α,β-unsaturated/α-hetero) is 1. The predicted octanol–water partition coefficient (Wildman–Crippen LogP) is 3.10. The molecule has 0 heterocycles. The minimum atomic E-state index is -1.38. The summed E-state index contributed by atoms with van der Waals surface area (Å²) < 4.78 is 37.7. The Labute approximate surface area is 117 Å². The average molecular weight is 294 g/mol. The van der Waals surface area contributed by atoms with Crippen LogP contribution in [0.25, 0.3) is 0 Å². The molecule has 20 heavy (non-hydrogen) atoms. The van der Waals surface area contributed by atoms with Crippen molar-refractivity contribution in [3.8, 4) is 0 Å². The van der Waals surface area contributed by atoms with E-state index in [1.807, 2.05) is 30.3 Å². The van der Waals surface area contributed by atoms with Crippen LogP contribution >= 0.6 is 0 Å². The van der Waals surface area contributed by atoms with E-state index in [0.717, 1.165) is 17.7 Å². The topological polar surface area (TPSA) is 34.1 Å². The normalized spacial score (nSPS) is 12.1. The van der Waals surface area contributed by atoms with Crippen LogP contribution in [0.15, 0.2) is 48.5 Å². The van der Waals surface area contributed by atoms with Gasteiger partial charge in [-0.3, -0.25) is 9.00 Å². The first-order chi connectivity index (χ1) is 9.56. The molecule has 104 valence electrons. The van der Waals surface area contributed by atoms with Crippen LogP contribution in [-0.2, 0) is 16.6 Å². The lowest BCUT2D eigenvalue weighted by Gasteiger charge is -2.03. The number of ketones is 1. The molecule has 0 radical (unpaired) electrons. The summed E-state index contributed by atoms with van der Waals surface area (Å²) in [5.74, 6) is -2.49. The Morgan fingerprint density at radius 2 is 1.70 bits per heavy atom. The minimum Gasteiger partial charge on any atom is -0.293 e. The maximum atomic E-state index is 13.0. The molecule has 0 spiro atoms. The molecule has 2 aromatic carbocycles. The zero-order valence-corrected chi connectivity index (χ0v) is 11.3. The molecule has 0 N–H and O–H groups in total. The summed E-state index contributed by atoms with van der Waals surface area (Å²) in [4.78, 5) is 11.8. The Balaban J connectivity index is 2.00. The first kappa shape index (κ1) is 14.5. The number of halogens is 2. The van der Waals surface area contributed by atoms with Crippen LogP contribution in [0, 0.1) is 11.6 Å². The Morgan fingerprint density at radius 1 is 1.00 bits per heavy atom. The summed E-state index contributed by atoms with van der Waals surface area (Å²) >= 11 is 0. The van der Waals surface area contributed by atoms with Gasteiger partial charge in [-0.2, -0.15) is 0 Å². The Hall–Kier alpha value is -1.88. The molecule has 1 unspecified atom stereocenters. The number of rotatable bonds is 5. The zero-order chi connectivity index (χ0) is 14.5. The molecule has 5 heteroatoms. The number of hydrogen-bond acceptors (Lipinski definition) is 2. The van der Waals surface area contributed by atoms with Crippen molar-refractivity contribution in [2.24, 2.45) is 0 Å². The molecule has 0 fully saturated rings. The van der Waals surface area contributed by atoms with Gasteiger partial charge in [-0.05, 0) is 23.8 Å². The molecule has 0 aliphatic carbocycles. The van der Waals surface area contributed by atoms with E-state index >= 15 is 0 Å². The summed E-state index contributed by atoms with van der Waals surface area (Å²) in [7, 11) is -1.38. The fraction of sp³-hybridized carbons (Fsp3) is 0.133. The molecule has 0 amide bonds. The summed E-state index contributed by atoms with van der Waals surface area (Å²) in [6.07, 6.45) is 0. The third-order valence-electron chi connectivity index (χ3n) is 2.70. The highest BCUT2D eigenvalue weighted by molar-refractivity contribution is 7.85.